The van der Waals surface area contributed by atoms with Crippen LogP contribution in [0.4, 0.5) is 5.69 Å². The molecule has 0 radical (unpaired) electrons. The second kappa shape index (κ2) is 4.61. The van der Waals surface area contributed by atoms with Crippen molar-refractivity contribution in [3.05, 3.63) is 39.6 Å². The van der Waals surface area contributed by atoms with E-state index in [0.29, 0.717) is 18.3 Å². The summed E-state index contributed by atoms with van der Waals surface area (Å²) in [7, 11) is 0. The van der Waals surface area contributed by atoms with Crippen molar-refractivity contribution in [3.63, 3.8) is 0 Å². The van der Waals surface area contributed by atoms with Gasteiger partial charge in [-0.2, -0.15) is 0 Å². The molecule has 15 heavy (non-hydrogen) atoms. The van der Waals surface area contributed by atoms with Crippen molar-refractivity contribution >= 4 is 28.3 Å². The lowest BCUT2D eigenvalue weighted by Gasteiger charge is -2.02. The summed E-state index contributed by atoms with van der Waals surface area (Å²) in [6.45, 7) is 2.34. The Morgan fingerprint density at radius 1 is 1.27 bits per heavy atom. The molecule has 0 aliphatic rings. The zero-order valence-corrected chi connectivity index (χ0v) is 10.4. The van der Waals surface area contributed by atoms with Gasteiger partial charge in [0.25, 0.3) is 0 Å². The third-order valence-corrected chi connectivity index (χ3v) is 2.58. The van der Waals surface area contributed by atoms with Crippen LogP contribution in [0.25, 0.3) is 0 Å². The molecular formula is C10H10IN3O. The van der Waals surface area contributed by atoms with E-state index in [1.165, 1.54) is 3.57 Å². The van der Waals surface area contributed by atoms with E-state index in [1.807, 2.05) is 24.3 Å². The number of hydrogen-bond donors (Lipinski definition) is 1. The number of nitrogens with one attached hydrogen (secondary N) is 1. The van der Waals surface area contributed by atoms with Crippen LogP contribution in [-0.4, -0.2) is 10.2 Å². The van der Waals surface area contributed by atoms with Crippen LogP contribution in [0.5, 0.6) is 0 Å². The number of nitrogens with zero attached hydrogens (tertiary/aromatic N) is 2. The lowest BCUT2D eigenvalue weighted by molar-refractivity contribution is 0.475. The van der Waals surface area contributed by atoms with Crippen LogP contribution in [0, 0.1) is 10.5 Å². The predicted octanol–water partition coefficient (Wildman–Crippen LogP) is 2.59. The van der Waals surface area contributed by atoms with Gasteiger partial charge in [-0.05, 0) is 46.9 Å². The third kappa shape index (κ3) is 2.92. The minimum absolute atomic E-state index is 0.557. The first-order chi connectivity index (χ1) is 7.24. The van der Waals surface area contributed by atoms with Crippen molar-refractivity contribution in [3.8, 4) is 0 Å². The van der Waals surface area contributed by atoms with Crippen molar-refractivity contribution in [1.29, 1.82) is 0 Å². The standard InChI is InChI=1S/C10H10IN3O/c1-7-13-14-10(15-7)6-12-9-4-2-8(11)3-5-9/h2-5,12H,6H2,1H3. The van der Waals surface area contributed by atoms with E-state index in [0.717, 1.165) is 5.69 Å². The van der Waals surface area contributed by atoms with Crippen LogP contribution in [0.15, 0.2) is 28.7 Å². The molecule has 0 bridgehead atoms. The van der Waals surface area contributed by atoms with Gasteiger partial charge >= 0.3 is 0 Å². The Hall–Kier alpha value is -1.11. The lowest BCUT2D eigenvalue weighted by atomic mass is 10.3. The SMILES string of the molecule is Cc1nnc(CNc2ccc(I)cc2)o1. The number of aromatic nitrogens is 2. The van der Waals surface area contributed by atoms with Crippen molar-refractivity contribution in [2.24, 2.45) is 0 Å². The topological polar surface area (TPSA) is 51.0 Å². The Morgan fingerprint density at radius 2 is 2.00 bits per heavy atom. The first-order valence-corrected chi connectivity index (χ1v) is 5.60. The van der Waals surface area contributed by atoms with Gasteiger partial charge in [0.15, 0.2) is 0 Å². The average molecular weight is 315 g/mol. The van der Waals surface area contributed by atoms with E-state index in [-0.39, 0.29) is 0 Å². The first-order valence-electron chi connectivity index (χ1n) is 4.52. The summed E-state index contributed by atoms with van der Waals surface area (Å²) in [5.41, 5.74) is 1.05. The van der Waals surface area contributed by atoms with Gasteiger partial charge in [-0.15, -0.1) is 10.2 Å². The molecule has 1 heterocycles. The van der Waals surface area contributed by atoms with Crippen LogP contribution in [0.1, 0.15) is 11.8 Å². The Morgan fingerprint density at radius 3 is 2.60 bits per heavy atom. The second-order valence-corrected chi connectivity index (χ2v) is 4.32. The van der Waals surface area contributed by atoms with Crippen LogP contribution >= 0.6 is 22.6 Å². The largest absolute Gasteiger partial charge is 0.424 e. The summed E-state index contributed by atoms with van der Waals surface area (Å²) in [4.78, 5) is 0. The third-order valence-electron chi connectivity index (χ3n) is 1.86. The Balaban J connectivity index is 1.96. The minimum atomic E-state index is 0.557. The van der Waals surface area contributed by atoms with Gasteiger partial charge in [0.1, 0.15) is 0 Å². The van der Waals surface area contributed by atoms with Crippen molar-refractivity contribution in [2.45, 2.75) is 13.5 Å². The number of hydrogen-bond acceptors (Lipinski definition) is 4. The highest BCUT2D eigenvalue weighted by Crippen LogP contribution is 2.12. The fourth-order valence-electron chi connectivity index (χ4n) is 1.15. The Kier molecular flexibility index (Phi) is 3.20. The fourth-order valence-corrected chi connectivity index (χ4v) is 1.51. The number of aryl methyl sites for hydroxylation is 1. The van der Waals surface area contributed by atoms with E-state index in [2.05, 4.69) is 38.1 Å². The molecule has 4 nitrogen and oxygen atoms in total. The number of rotatable bonds is 3. The summed E-state index contributed by atoms with van der Waals surface area (Å²) >= 11 is 2.27. The molecule has 2 rings (SSSR count). The number of halogens is 1. The summed E-state index contributed by atoms with van der Waals surface area (Å²) < 4.78 is 6.46. The van der Waals surface area contributed by atoms with Gasteiger partial charge in [-0.3, -0.25) is 0 Å². The van der Waals surface area contributed by atoms with Crippen molar-refractivity contribution in [2.75, 3.05) is 5.32 Å². The van der Waals surface area contributed by atoms with Gasteiger partial charge < -0.3 is 9.73 Å². The van der Waals surface area contributed by atoms with Gasteiger partial charge in [-0.25, -0.2) is 0 Å². The molecular weight excluding hydrogens is 305 g/mol. The van der Waals surface area contributed by atoms with Gasteiger partial charge in [0.2, 0.25) is 11.8 Å². The Bertz CT molecular complexity index is 438. The molecule has 1 N–H and O–H groups in total. The minimum Gasteiger partial charge on any atom is -0.424 e. The van der Waals surface area contributed by atoms with Crippen LogP contribution in [0.3, 0.4) is 0 Å². The molecule has 1 aromatic carbocycles. The fraction of sp³-hybridized carbons (Fsp3) is 0.200. The van der Waals surface area contributed by atoms with E-state index in [1.54, 1.807) is 6.92 Å². The molecule has 5 heteroatoms. The molecule has 0 spiro atoms. The molecule has 0 atom stereocenters. The summed E-state index contributed by atoms with van der Waals surface area (Å²) in [5.74, 6) is 1.19. The van der Waals surface area contributed by atoms with Gasteiger partial charge in [-0.1, -0.05) is 0 Å². The highest BCUT2D eigenvalue weighted by molar-refractivity contribution is 14.1. The number of anilines is 1. The molecule has 0 aliphatic carbocycles. The summed E-state index contributed by atoms with van der Waals surface area (Å²) in [5, 5.41) is 10.9. The van der Waals surface area contributed by atoms with Crippen LogP contribution < -0.4 is 5.32 Å². The smallest absolute Gasteiger partial charge is 0.235 e. The Labute approximate surface area is 101 Å². The maximum atomic E-state index is 5.24. The summed E-state index contributed by atoms with van der Waals surface area (Å²) in [6.07, 6.45) is 0. The maximum Gasteiger partial charge on any atom is 0.235 e. The zero-order chi connectivity index (χ0) is 10.7. The molecule has 2 aromatic rings. The van der Waals surface area contributed by atoms with E-state index < -0.39 is 0 Å². The second-order valence-electron chi connectivity index (χ2n) is 3.08. The molecule has 0 saturated heterocycles. The maximum absolute atomic E-state index is 5.24. The normalized spacial score (nSPS) is 10.3. The van der Waals surface area contributed by atoms with Crippen LogP contribution in [0.2, 0.25) is 0 Å². The molecule has 78 valence electrons. The van der Waals surface area contributed by atoms with E-state index in [9.17, 15) is 0 Å². The quantitative estimate of drug-likeness (QED) is 0.885. The number of benzene rings is 1. The van der Waals surface area contributed by atoms with Crippen molar-refractivity contribution < 1.29 is 4.42 Å². The van der Waals surface area contributed by atoms with Gasteiger partial charge in [0, 0.05) is 16.2 Å². The molecule has 0 unspecified atom stereocenters. The molecule has 0 amide bonds. The predicted molar refractivity (Wildman–Crippen MR) is 65.5 cm³/mol. The van der Waals surface area contributed by atoms with E-state index in [4.69, 9.17) is 4.42 Å². The highest BCUT2D eigenvalue weighted by Gasteiger charge is 2.01. The average Bonchev–Trinajstić information content (AvgIpc) is 2.64. The zero-order valence-electron chi connectivity index (χ0n) is 8.20. The molecule has 0 aliphatic heterocycles. The van der Waals surface area contributed by atoms with Gasteiger partial charge in [0.05, 0.1) is 6.54 Å². The highest BCUT2D eigenvalue weighted by atomic mass is 127. The van der Waals surface area contributed by atoms with E-state index >= 15 is 0 Å². The molecule has 1 aromatic heterocycles. The summed E-state index contributed by atoms with van der Waals surface area (Å²) in [6, 6.07) is 8.12. The molecule has 0 saturated carbocycles. The molecule has 0 fully saturated rings. The van der Waals surface area contributed by atoms with Crippen molar-refractivity contribution in [1.82, 2.24) is 10.2 Å². The van der Waals surface area contributed by atoms with Crippen LogP contribution in [-0.2, 0) is 6.54 Å². The first kappa shape index (κ1) is 10.4. The monoisotopic (exact) mass is 315 g/mol. The lowest BCUT2D eigenvalue weighted by Crippen LogP contribution is -1.99.